The van der Waals surface area contributed by atoms with E-state index >= 15 is 0 Å². The van der Waals surface area contributed by atoms with Crippen molar-refractivity contribution >= 4 is 17.3 Å². The summed E-state index contributed by atoms with van der Waals surface area (Å²) in [6.07, 6.45) is 4.74. The lowest BCUT2D eigenvalue weighted by Crippen LogP contribution is -2.36. The van der Waals surface area contributed by atoms with Gasteiger partial charge in [-0.3, -0.25) is 9.69 Å². The maximum absolute atomic E-state index is 12.3. The van der Waals surface area contributed by atoms with Gasteiger partial charge in [0.05, 0.1) is 12.7 Å². The fraction of sp³-hybridized carbons (Fsp3) is 0.368. The highest BCUT2D eigenvalue weighted by atomic mass is 16.3. The molecule has 0 bridgehead atoms. The normalized spacial score (nSPS) is 15.2. The van der Waals surface area contributed by atoms with E-state index in [9.17, 15) is 9.90 Å². The Morgan fingerprint density at radius 1 is 1.28 bits per heavy atom. The van der Waals surface area contributed by atoms with Gasteiger partial charge in [-0.05, 0) is 43.5 Å². The van der Waals surface area contributed by atoms with Gasteiger partial charge in [0.15, 0.2) is 0 Å². The predicted molar refractivity (Wildman–Crippen MR) is 98.4 cm³/mol. The molecular weight excluding hydrogens is 316 g/mol. The molecule has 0 atom stereocenters. The Kier molecular flexibility index (Phi) is 5.19. The summed E-state index contributed by atoms with van der Waals surface area (Å²) in [7, 11) is 0. The third-order valence-electron chi connectivity index (χ3n) is 4.33. The van der Waals surface area contributed by atoms with E-state index in [1.807, 2.05) is 32.0 Å². The van der Waals surface area contributed by atoms with Crippen LogP contribution < -0.4 is 5.32 Å². The summed E-state index contributed by atoms with van der Waals surface area (Å²) in [5, 5.41) is 16.5. The molecule has 2 N–H and O–H groups in total. The zero-order valence-corrected chi connectivity index (χ0v) is 14.6. The van der Waals surface area contributed by atoms with Crippen molar-refractivity contribution in [2.75, 3.05) is 25.0 Å². The number of aromatic hydroxyl groups is 1. The first-order valence-corrected chi connectivity index (χ1v) is 8.57. The highest BCUT2D eigenvalue weighted by Gasteiger charge is 2.17. The van der Waals surface area contributed by atoms with E-state index in [0.29, 0.717) is 6.54 Å². The highest BCUT2D eigenvalue weighted by molar-refractivity contribution is 5.91. The average molecular weight is 340 g/mol. The van der Waals surface area contributed by atoms with E-state index in [-0.39, 0.29) is 17.7 Å². The molecule has 1 amide bonds. The topological polar surface area (TPSA) is 70.4 Å². The number of anilines is 1. The summed E-state index contributed by atoms with van der Waals surface area (Å²) in [5.74, 6) is 0.986. The van der Waals surface area contributed by atoms with E-state index in [4.69, 9.17) is 0 Å². The van der Waals surface area contributed by atoms with Gasteiger partial charge in [0.2, 0.25) is 5.91 Å². The maximum Gasteiger partial charge on any atom is 0.239 e. The molecule has 3 rings (SSSR count). The van der Waals surface area contributed by atoms with E-state index in [1.54, 1.807) is 23.0 Å². The molecule has 25 heavy (non-hydrogen) atoms. The second-order valence-electron chi connectivity index (χ2n) is 6.56. The Bertz CT molecular complexity index is 762. The Morgan fingerprint density at radius 3 is 2.68 bits per heavy atom. The van der Waals surface area contributed by atoms with Crippen LogP contribution in [0, 0.1) is 0 Å². The summed E-state index contributed by atoms with van der Waals surface area (Å²) in [4.78, 5) is 14.4. The minimum atomic E-state index is -0.0242. The first kappa shape index (κ1) is 17.2. The molecule has 2 heterocycles. The monoisotopic (exact) mass is 340 g/mol. The number of carbonyl (C=O) groups is 1. The lowest BCUT2D eigenvalue weighted by Gasteiger charge is -2.26. The fourth-order valence-corrected chi connectivity index (χ4v) is 3.00. The van der Waals surface area contributed by atoms with Gasteiger partial charge in [-0.15, -0.1) is 0 Å². The molecule has 1 aromatic heterocycles. The number of amides is 1. The molecule has 0 unspecified atom stereocenters. The van der Waals surface area contributed by atoms with Crippen LogP contribution in [0.2, 0.25) is 0 Å². The molecule has 0 fully saturated rings. The summed E-state index contributed by atoms with van der Waals surface area (Å²) in [6, 6.07) is 9.28. The maximum atomic E-state index is 12.3. The van der Waals surface area contributed by atoms with Crippen LogP contribution in [-0.4, -0.2) is 45.3 Å². The number of benzene rings is 1. The molecule has 2 aromatic rings. The molecule has 6 heteroatoms. The number of phenolic OH excluding ortho intramolecular Hbond substituents is 1. The summed E-state index contributed by atoms with van der Waals surface area (Å²) >= 11 is 0. The fourth-order valence-electron chi connectivity index (χ4n) is 3.00. The van der Waals surface area contributed by atoms with E-state index < -0.39 is 0 Å². The molecule has 1 aliphatic rings. The predicted octanol–water partition coefficient (Wildman–Crippen LogP) is 2.90. The molecule has 0 spiro atoms. The third-order valence-corrected chi connectivity index (χ3v) is 4.33. The van der Waals surface area contributed by atoms with Crippen LogP contribution in [0.4, 0.5) is 5.82 Å². The van der Waals surface area contributed by atoms with Crippen molar-refractivity contribution in [1.82, 2.24) is 14.7 Å². The van der Waals surface area contributed by atoms with E-state index in [0.717, 1.165) is 30.9 Å². The summed E-state index contributed by atoms with van der Waals surface area (Å²) < 4.78 is 1.80. The van der Waals surface area contributed by atoms with Gasteiger partial charge in [-0.25, -0.2) is 4.68 Å². The second kappa shape index (κ2) is 7.53. The lowest BCUT2D eigenvalue weighted by atomic mass is 9.99. The minimum absolute atomic E-state index is 0.0242. The van der Waals surface area contributed by atoms with Crippen LogP contribution >= 0.6 is 0 Å². The number of rotatable bonds is 5. The van der Waals surface area contributed by atoms with Gasteiger partial charge in [0.1, 0.15) is 11.6 Å². The highest BCUT2D eigenvalue weighted by Crippen LogP contribution is 2.24. The molecule has 0 aliphatic carbocycles. The molecule has 6 nitrogen and oxygen atoms in total. The van der Waals surface area contributed by atoms with Crippen molar-refractivity contribution in [2.45, 2.75) is 26.3 Å². The Labute approximate surface area is 147 Å². The van der Waals surface area contributed by atoms with Crippen molar-refractivity contribution in [1.29, 1.82) is 0 Å². The first-order valence-electron chi connectivity index (χ1n) is 8.57. The number of phenols is 1. The van der Waals surface area contributed by atoms with Crippen LogP contribution in [0.1, 0.15) is 31.9 Å². The number of nitrogens with one attached hydrogen (secondary N) is 1. The van der Waals surface area contributed by atoms with Gasteiger partial charge in [0.25, 0.3) is 0 Å². The molecule has 0 radical (unpaired) electrons. The zero-order chi connectivity index (χ0) is 17.8. The van der Waals surface area contributed by atoms with Gasteiger partial charge >= 0.3 is 0 Å². The summed E-state index contributed by atoms with van der Waals surface area (Å²) in [6.45, 7) is 6.01. The molecule has 1 aromatic carbocycles. The van der Waals surface area contributed by atoms with Crippen molar-refractivity contribution in [2.24, 2.45) is 0 Å². The van der Waals surface area contributed by atoms with Crippen molar-refractivity contribution in [3.8, 4) is 5.75 Å². The van der Waals surface area contributed by atoms with Gasteiger partial charge in [0, 0.05) is 25.2 Å². The lowest BCUT2D eigenvalue weighted by molar-refractivity contribution is -0.117. The van der Waals surface area contributed by atoms with Crippen molar-refractivity contribution in [3.63, 3.8) is 0 Å². The van der Waals surface area contributed by atoms with Gasteiger partial charge in [-0.2, -0.15) is 5.10 Å². The van der Waals surface area contributed by atoms with Crippen LogP contribution in [-0.2, 0) is 4.79 Å². The molecular formula is C19H24N4O2. The number of aromatic nitrogens is 2. The second-order valence-corrected chi connectivity index (χ2v) is 6.56. The van der Waals surface area contributed by atoms with Gasteiger partial charge in [-0.1, -0.05) is 18.2 Å². The van der Waals surface area contributed by atoms with Crippen molar-refractivity contribution in [3.05, 3.63) is 48.2 Å². The van der Waals surface area contributed by atoms with Crippen molar-refractivity contribution < 1.29 is 9.90 Å². The summed E-state index contributed by atoms with van der Waals surface area (Å²) in [5.41, 5.74) is 2.39. The smallest absolute Gasteiger partial charge is 0.239 e. The molecule has 0 saturated carbocycles. The Morgan fingerprint density at radius 2 is 2.04 bits per heavy atom. The SMILES string of the molecule is CC(C)n1nccc1NC(=O)CN1CC=C(c2ccc(O)cc2)CC1. The number of hydrogen-bond acceptors (Lipinski definition) is 4. The Balaban J connectivity index is 1.55. The largest absolute Gasteiger partial charge is 0.508 e. The molecule has 0 saturated heterocycles. The number of nitrogens with zero attached hydrogens (tertiary/aromatic N) is 3. The van der Waals surface area contributed by atoms with E-state index in [1.165, 1.54) is 5.57 Å². The van der Waals surface area contributed by atoms with E-state index in [2.05, 4.69) is 21.4 Å². The minimum Gasteiger partial charge on any atom is -0.508 e. The first-order chi connectivity index (χ1) is 12.0. The Hall–Kier alpha value is -2.60. The van der Waals surface area contributed by atoms with Gasteiger partial charge < -0.3 is 10.4 Å². The standard InChI is InChI=1S/C19H24N4O2/c1-14(2)23-18(7-10-20-23)21-19(25)13-22-11-8-16(9-12-22)15-3-5-17(24)6-4-15/h3-8,10,14,24H,9,11-13H2,1-2H3,(H,21,25). The third kappa shape index (κ3) is 4.28. The quantitative estimate of drug-likeness (QED) is 0.878. The molecule has 1 aliphatic heterocycles. The van der Waals surface area contributed by atoms with Crippen LogP contribution in [0.25, 0.3) is 5.57 Å². The average Bonchev–Trinajstić information content (AvgIpc) is 3.04. The van der Waals surface area contributed by atoms with Crippen LogP contribution in [0.5, 0.6) is 5.75 Å². The van der Waals surface area contributed by atoms with Crippen LogP contribution in [0.15, 0.2) is 42.6 Å². The zero-order valence-electron chi connectivity index (χ0n) is 14.6. The molecule has 132 valence electrons. The number of hydrogen-bond donors (Lipinski definition) is 2. The van der Waals surface area contributed by atoms with Crippen LogP contribution in [0.3, 0.4) is 0 Å². The number of carbonyl (C=O) groups excluding carboxylic acids is 1.